The number of halogens is 1. The Bertz CT molecular complexity index is 336. The Hall–Kier alpha value is -1.43. The lowest BCUT2D eigenvalue weighted by Crippen LogP contribution is -2.17. The van der Waals surface area contributed by atoms with Gasteiger partial charge in [0, 0.05) is 6.42 Å². The van der Waals surface area contributed by atoms with Crippen LogP contribution in [0.5, 0.6) is 5.88 Å². The highest BCUT2D eigenvalue weighted by Crippen LogP contribution is 2.04. The fourth-order valence-corrected chi connectivity index (χ4v) is 0.747. The normalized spacial score (nSPS) is 10.2. The second kappa shape index (κ2) is 3.31. The van der Waals surface area contributed by atoms with E-state index in [1.165, 1.54) is 0 Å². The van der Waals surface area contributed by atoms with Crippen LogP contribution in [0.4, 0.5) is 4.39 Å². The molecule has 1 aromatic rings. The lowest BCUT2D eigenvalue weighted by molar-refractivity contribution is 0.401. The molecule has 0 atom stereocenters. The molecule has 0 aliphatic rings. The number of H-pyrrole nitrogens is 1. The summed E-state index contributed by atoms with van der Waals surface area (Å²) in [6.07, 6.45) is 0.295. The predicted molar refractivity (Wildman–Crippen MR) is 39.2 cm³/mol. The third kappa shape index (κ3) is 1.59. The van der Waals surface area contributed by atoms with Crippen LogP contribution >= 0.6 is 0 Å². The molecule has 0 saturated carbocycles. The molecular formula is C6H8FN3O2. The van der Waals surface area contributed by atoms with Crippen LogP contribution in [0.3, 0.4) is 0 Å². The smallest absolute Gasteiger partial charge is 0.291 e. The molecule has 1 aromatic heterocycles. The minimum atomic E-state index is -1.27. The summed E-state index contributed by atoms with van der Waals surface area (Å²) in [6.45, 7) is 0.272. The van der Waals surface area contributed by atoms with Crippen LogP contribution in [0, 0.1) is 5.82 Å². The van der Waals surface area contributed by atoms with Gasteiger partial charge in [0.2, 0.25) is 5.82 Å². The summed E-state index contributed by atoms with van der Waals surface area (Å²) in [4.78, 5) is 16.2. The number of nitrogens with one attached hydrogen (secondary N) is 1. The molecule has 5 nitrogen and oxygen atoms in total. The summed E-state index contributed by atoms with van der Waals surface area (Å²) >= 11 is 0. The van der Waals surface area contributed by atoms with Gasteiger partial charge < -0.3 is 15.8 Å². The first-order valence-electron chi connectivity index (χ1n) is 3.33. The van der Waals surface area contributed by atoms with Gasteiger partial charge in [0.05, 0.1) is 0 Å². The number of rotatable bonds is 2. The van der Waals surface area contributed by atoms with Crippen molar-refractivity contribution in [2.24, 2.45) is 5.73 Å². The van der Waals surface area contributed by atoms with Gasteiger partial charge >= 0.3 is 0 Å². The lowest BCUT2D eigenvalue weighted by atomic mass is 10.4. The van der Waals surface area contributed by atoms with Crippen LogP contribution in [0.25, 0.3) is 0 Å². The molecule has 6 heteroatoms. The topological polar surface area (TPSA) is 92.0 Å². The van der Waals surface area contributed by atoms with E-state index in [1.54, 1.807) is 0 Å². The summed E-state index contributed by atoms with van der Waals surface area (Å²) < 4.78 is 12.5. The second-order valence-electron chi connectivity index (χ2n) is 2.19. The zero-order valence-electron chi connectivity index (χ0n) is 6.17. The average molecular weight is 173 g/mol. The van der Waals surface area contributed by atoms with Crippen molar-refractivity contribution in [1.82, 2.24) is 9.97 Å². The van der Waals surface area contributed by atoms with Crippen LogP contribution < -0.4 is 11.3 Å². The van der Waals surface area contributed by atoms with Crippen molar-refractivity contribution in [3.05, 3.63) is 22.0 Å². The van der Waals surface area contributed by atoms with Gasteiger partial charge in [-0.05, 0) is 6.54 Å². The van der Waals surface area contributed by atoms with Crippen LogP contribution in [0.2, 0.25) is 0 Å². The standard InChI is InChI=1S/C6H8FN3O2/c7-4-5(11)9-3(1-2-8)10-6(4)12/h1-2,8H2,(H2,9,10,11,12). The molecule has 1 heterocycles. The number of nitrogens with zero attached hydrogens (tertiary/aromatic N) is 1. The maximum absolute atomic E-state index is 12.5. The molecule has 1 rings (SSSR count). The van der Waals surface area contributed by atoms with Gasteiger partial charge in [0.1, 0.15) is 5.82 Å². The molecule has 0 saturated heterocycles. The van der Waals surface area contributed by atoms with Crippen LogP contribution in [0.1, 0.15) is 5.82 Å². The molecule has 4 N–H and O–H groups in total. The summed E-state index contributed by atoms with van der Waals surface area (Å²) in [5.74, 6) is -1.97. The van der Waals surface area contributed by atoms with E-state index >= 15 is 0 Å². The SMILES string of the molecule is NCCc1nc(O)c(F)c(=O)[nH]1. The van der Waals surface area contributed by atoms with Crippen molar-refractivity contribution < 1.29 is 9.50 Å². The van der Waals surface area contributed by atoms with Crippen LogP contribution in [-0.2, 0) is 6.42 Å². The molecule has 0 radical (unpaired) electrons. The molecule has 0 aliphatic heterocycles. The molecule has 0 bridgehead atoms. The zero-order chi connectivity index (χ0) is 9.14. The summed E-state index contributed by atoms with van der Waals surface area (Å²) in [5, 5.41) is 8.76. The Morgan fingerprint density at radius 3 is 2.83 bits per heavy atom. The maximum atomic E-state index is 12.5. The molecule has 0 amide bonds. The fourth-order valence-electron chi connectivity index (χ4n) is 0.747. The number of nitrogens with two attached hydrogens (primary N) is 1. The molecule has 0 aromatic carbocycles. The third-order valence-electron chi connectivity index (χ3n) is 1.28. The van der Waals surface area contributed by atoms with Gasteiger partial charge in [-0.2, -0.15) is 9.37 Å². The van der Waals surface area contributed by atoms with Crippen molar-refractivity contribution in [2.75, 3.05) is 6.54 Å². The van der Waals surface area contributed by atoms with Crippen molar-refractivity contribution in [1.29, 1.82) is 0 Å². The molecular weight excluding hydrogens is 165 g/mol. The molecule has 66 valence electrons. The fraction of sp³-hybridized carbons (Fsp3) is 0.333. The van der Waals surface area contributed by atoms with E-state index in [0.717, 1.165) is 0 Å². The molecule has 0 aliphatic carbocycles. The Kier molecular flexibility index (Phi) is 2.39. The van der Waals surface area contributed by atoms with Gasteiger partial charge in [-0.25, -0.2) is 0 Å². The van der Waals surface area contributed by atoms with E-state index in [9.17, 15) is 9.18 Å². The third-order valence-corrected chi connectivity index (χ3v) is 1.28. The number of hydrogen-bond acceptors (Lipinski definition) is 4. The first-order valence-corrected chi connectivity index (χ1v) is 3.33. The van der Waals surface area contributed by atoms with Crippen molar-refractivity contribution in [2.45, 2.75) is 6.42 Å². The van der Waals surface area contributed by atoms with Gasteiger partial charge in [0.15, 0.2) is 0 Å². The van der Waals surface area contributed by atoms with Gasteiger partial charge in [-0.15, -0.1) is 0 Å². The molecule has 12 heavy (non-hydrogen) atoms. The first-order chi connectivity index (χ1) is 5.65. The highest BCUT2D eigenvalue weighted by atomic mass is 19.1. The Morgan fingerprint density at radius 2 is 2.33 bits per heavy atom. The van der Waals surface area contributed by atoms with Crippen molar-refractivity contribution in [3.63, 3.8) is 0 Å². The number of aromatic nitrogens is 2. The number of aromatic hydroxyl groups is 1. The minimum Gasteiger partial charge on any atom is -0.491 e. The van der Waals surface area contributed by atoms with Gasteiger partial charge in [-0.1, -0.05) is 0 Å². The Morgan fingerprint density at radius 1 is 1.67 bits per heavy atom. The Labute approximate surface area is 67.1 Å². The van der Waals surface area contributed by atoms with E-state index in [2.05, 4.69) is 9.97 Å². The quantitative estimate of drug-likeness (QED) is 0.541. The first kappa shape index (κ1) is 8.66. The van der Waals surface area contributed by atoms with Crippen molar-refractivity contribution >= 4 is 0 Å². The number of hydrogen-bond donors (Lipinski definition) is 3. The summed E-state index contributed by atoms with van der Waals surface area (Å²) in [5.41, 5.74) is 4.18. The second-order valence-corrected chi connectivity index (χ2v) is 2.19. The number of aromatic amines is 1. The van der Waals surface area contributed by atoms with E-state index in [1.807, 2.05) is 0 Å². The molecule has 0 unspecified atom stereocenters. The van der Waals surface area contributed by atoms with E-state index in [4.69, 9.17) is 10.8 Å². The largest absolute Gasteiger partial charge is 0.491 e. The lowest BCUT2D eigenvalue weighted by Gasteiger charge is -1.98. The van der Waals surface area contributed by atoms with Gasteiger partial charge in [0.25, 0.3) is 11.4 Å². The highest BCUT2D eigenvalue weighted by molar-refractivity contribution is 5.09. The summed E-state index contributed by atoms with van der Waals surface area (Å²) in [7, 11) is 0. The molecule has 0 fully saturated rings. The minimum absolute atomic E-state index is 0.182. The van der Waals surface area contributed by atoms with E-state index in [0.29, 0.717) is 6.42 Å². The predicted octanol–water partition coefficient (Wildman–Crippen LogP) is -0.884. The Balaban J connectivity index is 3.13. The maximum Gasteiger partial charge on any atom is 0.291 e. The molecule has 0 spiro atoms. The average Bonchev–Trinajstić information content (AvgIpc) is 2.01. The van der Waals surface area contributed by atoms with Crippen LogP contribution in [-0.4, -0.2) is 21.6 Å². The van der Waals surface area contributed by atoms with Gasteiger partial charge in [-0.3, -0.25) is 4.79 Å². The van der Waals surface area contributed by atoms with E-state index in [-0.39, 0.29) is 12.4 Å². The zero-order valence-corrected chi connectivity index (χ0v) is 6.17. The van der Waals surface area contributed by atoms with Crippen LogP contribution in [0.15, 0.2) is 4.79 Å². The van der Waals surface area contributed by atoms with Crippen molar-refractivity contribution in [3.8, 4) is 5.88 Å². The monoisotopic (exact) mass is 173 g/mol. The highest BCUT2D eigenvalue weighted by Gasteiger charge is 2.08. The summed E-state index contributed by atoms with van der Waals surface area (Å²) in [6, 6.07) is 0. The van der Waals surface area contributed by atoms with E-state index < -0.39 is 17.3 Å².